The molecule has 2 unspecified atom stereocenters. The summed E-state index contributed by atoms with van der Waals surface area (Å²) in [6.45, 7) is 7.39. The second kappa shape index (κ2) is 19.6. The van der Waals surface area contributed by atoms with Crippen LogP contribution in [0.4, 0.5) is 4.39 Å². The zero-order valence-corrected chi connectivity index (χ0v) is 24.0. The predicted molar refractivity (Wildman–Crippen MR) is 153 cm³/mol. The fourth-order valence-corrected chi connectivity index (χ4v) is 3.86. The lowest BCUT2D eigenvalue weighted by atomic mass is 9.98. The average molecular weight is 545 g/mol. The molecule has 1 heterocycles. The van der Waals surface area contributed by atoms with E-state index in [1.807, 2.05) is 56.3 Å². The van der Waals surface area contributed by atoms with Gasteiger partial charge in [-0.05, 0) is 37.3 Å². The maximum absolute atomic E-state index is 12.9. The number of nitrogens with zero attached hydrogens (tertiary/aromatic N) is 1. The van der Waals surface area contributed by atoms with Crippen LogP contribution in [0.15, 0.2) is 54.6 Å². The third-order valence-corrected chi connectivity index (χ3v) is 6.26. The van der Waals surface area contributed by atoms with Gasteiger partial charge in [0.05, 0.1) is 26.3 Å². The molecule has 2 aromatic rings. The number of amides is 3. The molecule has 0 saturated carbocycles. The third-order valence-electron chi connectivity index (χ3n) is 6.26. The Hall–Kier alpha value is -3.46. The second-order valence-electron chi connectivity index (χ2n) is 9.35. The van der Waals surface area contributed by atoms with Crippen molar-refractivity contribution in [2.75, 3.05) is 47.0 Å². The number of aryl methyl sites for hydroxylation is 2. The highest BCUT2D eigenvalue weighted by Gasteiger charge is 2.27. The first kappa shape index (κ1) is 33.6. The monoisotopic (exact) mass is 544 g/mol. The number of rotatable bonds is 2. The fraction of sp³-hybridized carbons (Fsp3) is 0.500. The molecule has 0 fully saturated rings. The number of nitrogens with one attached hydrogen (secondary N) is 3. The van der Waals surface area contributed by atoms with Gasteiger partial charge in [0.2, 0.25) is 17.7 Å². The van der Waals surface area contributed by atoms with E-state index in [9.17, 15) is 18.8 Å². The van der Waals surface area contributed by atoms with Gasteiger partial charge in [0, 0.05) is 20.1 Å². The second-order valence-corrected chi connectivity index (χ2v) is 9.35. The molecule has 2 aromatic carbocycles. The first-order chi connectivity index (χ1) is 18.8. The molecule has 1 aliphatic rings. The van der Waals surface area contributed by atoms with Crippen molar-refractivity contribution >= 4 is 17.7 Å². The molecule has 39 heavy (non-hydrogen) atoms. The maximum Gasteiger partial charge on any atom is 0.240 e. The Kier molecular flexibility index (Phi) is 16.9. The molecule has 0 aliphatic carbocycles. The van der Waals surface area contributed by atoms with Gasteiger partial charge in [0.1, 0.15) is 12.4 Å². The number of halogens is 1. The third kappa shape index (κ3) is 13.2. The zero-order valence-electron chi connectivity index (χ0n) is 24.0. The Morgan fingerprint density at radius 2 is 1.64 bits per heavy atom. The smallest absolute Gasteiger partial charge is 0.240 e. The maximum atomic E-state index is 12.9. The highest BCUT2D eigenvalue weighted by molar-refractivity contribution is 5.89. The predicted octanol–water partition coefficient (Wildman–Crippen LogP) is 3.29. The molecule has 3 amide bonds. The van der Waals surface area contributed by atoms with E-state index in [1.54, 1.807) is 7.05 Å². The van der Waals surface area contributed by atoms with Crippen molar-refractivity contribution in [2.24, 2.45) is 5.92 Å². The minimum Gasteiger partial charge on any atom is -0.492 e. The molecule has 0 bridgehead atoms. The number of carbonyl (C=O) groups is 3. The van der Waals surface area contributed by atoms with Gasteiger partial charge in [-0.2, -0.15) is 0 Å². The molecule has 2 atom stereocenters. The number of alkyl halides is 1. The topological polar surface area (TPSA) is 99.8 Å². The number of fused-ring (bicyclic) bond motifs is 1. The van der Waals surface area contributed by atoms with Crippen LogP contribution in [-0.2, 0) is 20.8 Å². The summed E-state index contributed by atoms with van der Waals surface area (Å²) < 4.78 is 15.5. The summed E-state index contributed by atoms with van der Waals surface area (Å²) >= 11 is 0. The lowest BCUT2D eigenvalue weighted by molar-refractivity contribution is -0.137. The number of hydrogen-bond donors (Lipinski definition) is 3. The Labute approximate surface area is 232 Å². The van der Waals surface area contributed by atoms with Gasteiger partial charge in [-0.15, -0.1) is 0 Å². The standard InChI is InChI=1S/C22H34N4O4.C7H8.CH3F/c1-4-16(2)21-22(29)26(3)15-20(28)25-14-19(27)23-11-7-9-17-8-5-6-10-18(17)30-13-12-24-21;1-7-5-3-2-4-6-7;1-2/h5-6,8,10,16,21,24H,4,7,9,11-15H2,1-3H3,(H,23,27)(H,25,28);2-6H,1H3;1H3. The largest absolute Gasteiger partial charge is 0.492 e. The van der Waals surface area contributed by atoms with Crippen molar-refractivity contribution in [1.29, 1.82) is 0 Å². The Morgan fingerprint density at radius 3 is 2.28 bits per heavy atom. The number of ether oxygens (including phenoxy) is 1. The van der Waals surface area contributed by atoms with E-state index in [2.05, 4.69) is 35.0 Å². The van der Waals surface area contributed by atoms with Crippen LogP contribution in [0.5, 0.6) is 5.75 Å². The summed E-state index contributed by atoms with van der Waals surface area (Å²) in [7, 11) is 2.10. The molecular formula is C30H45FN4O4. The van der Waals surface area contributed by atoms with Crippen molar-refractivity contribution in [2.45, 2.75) is 46.1 Å². The van der Waals surface area contributed by atoms with Crippen LogP contribution in [0.3, 0.4) is 0 Å². The molecule has 3 N–H and O–H groups in total. The van der Waals surface area contributed by atoms with Crippen LogP contribution >= 0.6 is 0 Å². The number of hydrogen-bond acceptors (Lipinski definition) is 5. The van der Waals surface area contributed by atoms with E-state index in [0.717, 1.165) is 30.6 Å². The van der Waals surface area contributed by atoms with E-state index in [4.69, 9.17) is 4.74 Å². The van der Waals surface area contributed by atoms with Gasteiger partial charge in [-0.25, -0.2) is 0 Å². The number of likely N-dealkylation sites (N-methyl/N-ethyl adjacent to an activating group) is 1. The summed E-state index contributed by atoms with van der Waals surface area (Å²) in [4.78, 5) is 38.4. The van der Waals surface area contributed by atoms with Crippen molar-refractivity contribution in [3.8, 4) is 5.75 Å². The van der Waals surface area contributed by atoms with E-state index in [0.29, 0.717) is 26.9 Å². The number of para-hydroxylation sites is 1. The first-order valence-electron chi connectivity index (χ1n) is 13.4. The van der Waals surface area contributed by atoms with Crippen molar-refractivity contribution in [3.05, 3.63) is 65.7 Å². The molecule has 0 saturated heterocycles. The SMILES string of the molecule is CCC(C)C1NCCOc2ccccc2CCCNC(=O)CNC(=O)CN(C)C1=O.CF.Cc1ccccc1. The van der Waals surface area contributed by atoms with Gasteiger partial charge >= 0.3 is 0 Å². The normalized spacial score (nSPS) is 18.2. The molecule has 216 valence electrons. The summed E-state index contributed by atoms with van der Waals surface area (Å²) in [5.41, 5.74) is 2.40. The van der Waals surface area contributed by atoms with Gasteiger partial charge in [0.15, 0.2) is 0 Å². The number of carbonyl (C=O) groups excluding carboxylic acids is 3. The van der Waals surface area contributed by atoms with Gasteiger partial charge in [0.25, 0.3) is 0 Å². The summed E-state index contributed by atoms with van der Waals surface area (Å²) in [5.74, 6) is 0.170. The van der Waals surface area contributed by atoms with Gasteiger partial charge in [-0.1, -0.05) is 74.4 Å². The lowest BCUT2D eigenvalue weighted by Crippen LogP contribution is -2.52. The van der Waals surface area contributed by atoms with Gasteiger partial charge < -0.3 is 25.6 Å². The van der Waals surface area contributed by atoms with Crippen molar-refractivity contribution < 1.29 is 23.5 Å². The summed E-state index contributed by atoms with van der Waals surface area (Å²) in [5, 5.41) is 8.67. The number of benzene rings is 2. The molecule has 0 spiro atoms. The molecule has 8 nitrogen and oxygen atoms in total. The first-order valence-corrected chi connectivity index (χ1v) is 13.4. The highest BCUT2D eigenvalue weighted by atomic mass is 19.1. The van der Waals surface area contributed by atoms with E-state index in [-0.39, 0.29) is 36.7 Å². The van der Waals surface area contributed by atoms with E-state index in [1.165, 1.54) is 10.5 Å². The van der Waals surface area contributed by atoms with Crippen LogP contribution < -0.4 is 20.7 Å². The molecule has 9 heteroatoms. The Balaban J connectivity index is 0.000000720. The van der Waals surface area contributed by atoms with Crippen LogP contribution in [0.25, 0.3) is 0 Å². The lowest BCUT2D eigenvalue weighted by Gasteiger charge is -2.28. The van der Waals surface area contributed by atoms with Crippen molar-refractivity contribution in [3.63, 3.8) is 0 Å². The van der Waals surface area contributed by atoms with Crippen LogP contribution in [0, 0.1) is 12.8 Å². The average Bonchev–Trinajstić information content (AvgIpc) is 2.95. The van der Waals surface area contributed by atoms with Crippen molar-refractivity contribution in [1.82, 2.24) is 20.9 Å². The van der Waals surface area contributed by atoms with E-state index < -0.39 is 6.04 Å². The Bertz CT molecular complexity index is 990. The highest BCUT2D eigenvalue weighted by Crippen LogP contribution is 2.19. The van der Waals surface area contributed by atoms with Crippen LogP contribution in [-0.4, -0.2) is 75.7 Å². The molecule has 0 aromatic heterocycles. The molecule has 1 aliphatic heterocycles. The minimum absolute atomic E-state index is 0.0927. The van der Waals surface area contributed by atoms with Crippen LogP contribution in [0.1, 0.15) is 37.8 Å². The van der Waals surface area contributed by atoms with Gasteiger partial charge in [-0.3, -0.25) is 18.8 Å². The van der Waals surface area contributed by atoms with Crippen LogP contribution in [0.2, 0.25) is 0 Å². The minimum atomic E-state index is -0.408. The zero-order chi connectivity index (χ0) is 29.0. The summed E-state index contributed by atoms with van der Waals surface area (Å²) in [6, 6.07) is 17.7. The molecule has 0 radical (unpaired) electrons. The fourth-order valence-electron chi connectivity index (χ4n) is 3.86. The summed E-state index contributed by atoms with van der Waals surface area (Å²) in [6.07, 6.45) is 2.37. The van der Waals surface area contributed by atoms with E-state index >= 15 is 0 Å². The molecule has 3 rings (SSSR count). The molecular weight excluding hydrogens is 499 g/mol. The Morgan fingerprint density at radius 1 is 0.974 bits per heavy atom. The quantitative estimate of drug-likeness (QED) is 0.539.